The van der Waals surface area contributed by atoms with Crippen molar-refractivity contribution in [1.29, 1.82) is 0 Å². The van der Waals surface area contributed by atoms with Gasteiger partial charge in [-0.15, -0.1) is 0 Å². The lowest BCUT2D eigenvalue weighted by atomic mass is 10.0. The minimum atomic E-state index is -0.301. The van der Waals surface area contributed by atoms with Crippen LogP contribution in [0.3, 0.4) is 0 Å². The Labute approximate surface area is 171 Å². The van der Waals surface area contributed by atoms with Crippen LogP contribution in [0.15, 0.2) is 83.9 Å². The van der Waals surface area contributed by atoms with E-state index in [0.717, 1.165) is 16.7 Å². The number of carbonyl (C=O) groups is 1. The minimum Gasteiger partial charge on any atom is -0.439 e. The van der Waals surface area contributed by atoms with E-state index in [1.54, 1.807) is 11.0 Å². The highest BCUT2D eigenvalue weighted by Gasteiger charge is 2.32. The highest BCUT2D eigenvalue weighted by atomic mass is 35.5. The molecule has 2 aromatic rings. The first-order valence-electron chi connectivity index (χ1n) is 9.26. The van der Waals surface area contributed by atoms with E-state index in [-0.39, 0.29) is 12.2 Å². The van der Waals surface area contributed by atoms with E-state index in [2.05, 4.69) is 62.0 Å². The van der Waals surface area contributed by atoms with E-state index >= 15 is 0 Å². The Morgan fingerprint density at radius 1 is 1.21 bits per heavy atom. The Balaban J connectivity index is 1.67. The van der Waals surface area contributed by atoms with E-state index in [9.17, 15) is 4.79 Å². The molecule has 1 amide bonds. The van der Waals surface area contributed by atoms with Gasteiger partial charge in [-0.25, -0.2) is 4.79 Å². The van der Waals surface area contributed by atoms with E-state index in [1.807, 2.05) is 19.1 Å². The number of aryl methyl sites for hydroxylation is 1. The zero-order valence-electron chi connectivity index (χ0n) is 16.2. The molecule has 144 valence electrons. The Bertz CT molecular complexity index is 928. The summed E-state index contributed by atoms with van der Waals surface area (Å²) in [6, 6.07) is 16.7. The van der Waals surface area contributed by atoms with Gasteiger partial charge in [-0.05, 0) is 42.2 Å². The molecule has 1 saturated heterocycles. The Morgan fingerprint density at radius 3 is 2.61 bits per heavy atom. The lowest BCUT2D eigenvalue weighted by Crippen LogP contribution is -2.24. The van der Waals surface area contributed by atoms with Crippen molar-refractivity contribution in [3.63, 3.8) is 0 Å². The van der Waals surface area contributed by atoms with Crippen LogP contribution in [-0.4, -0.2) is 23.6 Å². The zero-order valence-corrected chi connectivity index (χ0v) is 16.9. The lowest BCUT2D eigenvalue weighted by molar-refractivity contribution is 0.142. The molecule has 0 aliphatic carbocycles. The second-order valence-corrected chi connectivity index (χ2v) is 7.37. The van der Waals surface area contributed by atoms with Gasteiger partial charge in [0.1, 0.15) is 6.10 Å². The number of benzene rings is 2. The highest BCUT2D eigenvalue weighted by molar-refractivity contribution is 6.30. The Kier molecular flexibility index (Phi) is 6.37. The third-order valence-corrected chi connectivity index (χ3v) is 4.85. The van der Waals surface area contributed by atoms with Crippen LogP contribution in [0.1, 0.15) is 18.1 Å². The number of halogens is 1. The molecule has 0 radical (unpaired) electrons. The summed E-state index contributed by atoms with van der Waals surface area (Å²) in [5.41, 5.74) is 5.57. The van der Waals surface area contributed by atoms with Crippen molar-refractivity contribution in [3.8, 4) is 11.1 Å². The fourth-order valence-electron chi connectivity index (χ4n) is 3.23. The first kappa shape index (κ1) is 20.0. The van der Waals surface area contributed by atoms with E-state index in [4.69, 9.17) is 16.3 Å². The van der Waals surface area contributed by atoms with Gasteiger partial charge in [0.05, 0.1) is 6.54 Å². The number of carbonyl (C=O) groups excluding carboxylic acids is 1. The third-order valence-electron chi connectivity index (χ3n) is 4.73. The smallest absolute Gasteiger partial charge is 0.410 e. The van der Waals surface area contributed by atoms with Gasteiger partial charge in [0, 0.05) is 11.6 Å². The summed E-state index contributed by atoms with van der Waals surface area (Å²) in [4.78, 5) is 14.0. The zero-order chi connectivity index (χ0) is 20.1. The summed E-state index contributed by atoms with van der Waals surface area (Å²) in [5.74, 6) is 0. The third kappa shape index (κ3) is 4.93. The predicted molar refractivity (Wildman–Crippen MR) is 115 cm³/mol. The number of ether oxygens (including phenoxy) is 1. The van der Waals surface area contributed by atoms with E-state index < -0.39 is 0 Å². The van der Waals surface area contributed by atoms with Gasteiger partial charge >= 0.3 is 6.09 Å². The van der Waals surface area contributed by atoms with Gasteiger partial charge in [-0.2, -0.15) is 0 Å². The summed E-state index contributed by atoms with van der Waals surface area (Å²) >= 11 is 5.79. The quantitative estimate of drug-likeness (QED) is 0.544. The second-order valence-electron chi connectivity index (χ2n) is 6.89. The van der Waals surface area contributed by atoms with E-state index in [1.165, 1.54) is 11.1 Å². The van der Waals surface area contributed by atoms with Gasteiger partial charge in [-0.3, -0.25) is 4.90 Å². The maximum atomic E-state index is 12.3. The maximum absolute atomic E-state index is 12.3. The molecule has 1 fully saturated rings. The molecule has 1 heterocycles. The van der Waals surface area contributed by atoms with Crippen molar-refractivity contribution >= 4 is 17.7 Å². The molecule has 1 aliphatic heterocycles. The molecule has 0 N–H and O–H groups in total. The molecule has 1 atom stereocenters. The molecule has 1 aliphatic rings. The normalized spacial score (nSPS) is 17.2. The number of allylic oxidation sites excluding steroid dienone is 3. The highest BCUT2D eigenvalue weighted by Crippen LogP contribution is 2.24. The Morgan fingerprint density at radius 2 is 1.96 bits per heavy atom. The first-order valence-corrected chi connectivity index (χ1v) is 9.64. The lowest BCUT2D eigenvalue weighted by Gasteiger charge is -2.14. The van der Waals surface area contributed by atoms with Crippen LogP contribution in [0.2, 0.25) is 0 Å². The van der Waals surface area contributed by atoms with Crippen molar-refractivity contribution < 1.29 is 9.53 Å². The summed E-state index contributed by atoms with van der Waals surface area (Å²) < 4.78 is 5.53. The van der Waals surface area contributed by atoms with Crippen molar-refractivity contribution in [2.75, 3.05) is 6.54 Å². The van der Waals surface area contributed by atoms with Crippen LogP contribution < -0.4 is 0 Å². The van der Waals surface area contributed by atoms with Gasteiger partial charge in [0.25, 0.3) is 0 Å². The fourth-order valence-corrected chi connectivity index (χ4v) is 3.30. The summed E-state index contributed by atoms with van der Waals surface area (Å²) in [7, 11) is 0. The molecular weight excluding hydrogens is 370 g/mol. The average molecular weight is 394 g/mol. The monoisotopic (exact) mass is 393 g/mol. The van der Waals surface area contributed by atoms with E-state index in [0.29, 0.717) is 18.1 Å². The van der Waals surface area contributed by atoms with Gasteiger partial charge < -0.3 is 4.74 Å². The molecule has 4 heteroatoms. The number of nitrogens with zero attached hydrogens (tertiary/aromatic N) is 1. The topological polar surface area (TPSA) is 29.5 Å². The van der Waals surface area contributed by atoms with Crippen molar-refractivity contribution in [1.82, 2.24) is 4.90 Å². The van der Waals surface area contributed by atoms with Crippen LogP contribution >= 0.6 is 11.6 Å². The second kappa shape index (κ2) is 8.94. The average Bonchev–Trinajstić information content (AvgIpc) is 3.03. The predicted octanol–water partition coefficient (Wildman–Crippen LogP) is 6.24. The summed E-state index contributed by atoms with van der Waals surface area (Å²) in [6.45, 7) is 8.67. The maximum Gasteiger partial charge on any atom is 0.410 e. The Hall–Kier alpha value is -2.78. The standard InChI is InChI=1S/C24H24ClNO2/c1-4-20(11-8-18(3)25)23-16-26(24(27)28-23)15-19-9-12-21(13-10-19)22-7-5-6-17(2)14-22/h4-14,23H,3,15-16H2,1-2H3/b11-8-,20-4?. The number of rotatable bonds is 6. The van der Waals surface area contributed by atoms with Crippen LogP contribution in [0.25, 0.3) is 11.1 Å². The molecule has 2 aromatic carbocycles. The van der Waals surface area contributed by atoms with Crippen molar-refractivity contribution in [2.45, 2.75) is 26.5 Å². The molecule has 0 aromatic heterocycles. The molecule has 0 saturated carbocycles. The van der Waals surface area contributed by atoms with Crippen LogP contribution in [0, 0.1) is 6.92 Å². The number of cyclic esters (lactones) is 1. The summed E-state index contributed by atoms with van der Waals surface area (Å²) in [6.07, 6.45) is 4.88. The number of hydrogen-bond acceptors (Lipinski definition) is 2. The number of hydrogen-bond donors (Lipinski definition) is 0. The molecule has 28 heavy (non-hydrogen) atoms. The van der Waals surface area contributed by atoms with Crippen LogP contribution in [-0.2, 0) is 11.3 Å². The van der Waals surface area contributed by atoms with Crippen LogP contribution in [0.4, 0.5) is 4.79 Å². The molecule has 3 nitrogen and oxygen atoms in total. The van der Waals surface area contributed by atoms with Gasteiger partial charge in [-0.1, -0.05) is 84.4 Å². The molecule has 3 rings (SSSR count). The number of amides is 1. The fraction of sp³-hybridized carbons (Fsp3) is 0.208. The molecule has 0 bridgehead atoms. The molecule has 1 unspecified atom stereocenters. The van der Waals surface area contributed by atoms with Gasteiger partial charge in [0.2, 0.25) is 0 Å². The SMILES string of the molecule is C=C(Cl)/C=C\C(=CC)C1CN(Cc2ccc(-c3cccc(C)c3)cc2)C(=O)O1. The van der Waals surface area contributed by atoms with Crippen molar-refractivity contribution in [3.05, 3.63) is 95.1 Å². The van der Waals surface area contributed by atoms with Gasteiger partial charge in [0.15, 0.2) is 0 Å². The first-order chi connectivity index (χ1) is 13.5. The summed E-state index contributed by atoms with van der Waals surface area (Å²) in [5, 5.41) is 0.439. The molecular formula is C24H24ClNO2. The largest absolute Gasteiger partial charge is 0.439 e. The minimum absolute atomic E-state index is 0.295. The molecule has 0 spiro atoms. The van der Waals surface area contributed by atoms with Crippen molar-refractivity contribution in [2.24, 2.45) is 0 Å². The van der Waals surface area contributed by atoms with Crippen LogP contribution in [0.5, 0.6) is 0 Å².